The van der Waals surface area contributed by atoms with Crippen LogP contribution >= 0.6 is 11.8 Å². The molecule has 0 saturated carbocycles. The number of carboxylic acid groups (broad SMARTS) is 1. The van der Waals surface area contributed by atoms with Crippen LogP contribution in [-0.4, -0.2) is 147 Å². The number of rotatable bonds is 40. The van der Waals surface area contributed by atoms with Crippen LogP contribution in [-0.2, 0) is 62.0 Å². The van der Waals surface area contributed by atoms with Gasteiger partial charge in [0.1, 0.15) is 36.5 Å². The number of ether oxygens (including phenoxy) is 6. The molecule has 0 aromatic heterocycles. The number of unbranched alkanes of at least 4 members (excludes halogenated alkanes) is 6. The fourth-order valence-electron chi connectivity index (χ4n) is 5.78. The SMILES string of the molecule is CC(C)C(NC(=O)CCCCCCCSCCCCCC(=O)NC(CCC(=O)NCCCOCCOCCOCCCNC(=O)COCC(=O)O)C(=O)OC(C)(C)C)C(=O)OC(C)(C)C. The van der Waals surface area contributed by atoms with E-state index in [-0.39, 0.29) is 55.4 Å². The molecule has 19 heteroatoms. The van der Waals surface area contributed by atoms with E-state index in [1.54, 1.807) is 20.8 Å². The van der Waals surface area contributed by atoms with E-state index in [4.69, 9.17) is 33.5 Å². The summed E-state index contributed by atoms with van der Waals surface area (Å²) in [6.45, 7) is 16.8. The molecule has 0 aliphatic carbocycles. The van der Waals surface area contributed by atoms with Crippen LogP contribution in [0.2, 0.25) is 0 Å². The van der Waals surface area contributed by atoms with Crippen molar-refractivity contribution in [3.05, 3.63) is 0 Å². The Morgan fingerprint density at radius 1 is 0.508 bits per heavy atom. The molecule has 65 heavy (non-hydrogen) atoms. The van der Waals surface area contributed by atoms with Gasteiger partial charge in [-0.05, 0) is 104 Å². The number of carboxylic acids is 1. The number of carbonyl (C=O) groups is 7. The van der Waals surface area contributed by atoms with Crippen LogP contribution in [0.5, 0.6) is 0 Å². The molecule has 4 amide bonds. The smallest absolute Gasteiger partial charge is 0.329 e. The van der Waals surface area contributed by atoms with Gasteiger partial charge in [0.05, 0.1) is 26.4 Å². The van der Waals surface area contributed by atoms with E-state index in [0.717, 1.165) is 56.5 Å². The number of nitrogens with one attached hydrogen (secondary N) is 4. The molecule has 5 N–H and O–H groups in total. The van der Waals surface area contributed by atoms with Crippen LogP contribution < -0.4 is 21.3 Å². The van der Waals surface area contributed by atoms with Crippen molar-refractivity contribution in [2.45, 2.75) is 169 Å². The third kappa shape index (κ3) is 40.5. The first-order chi connectivity index (χ1) is 30.7. The van der Waals surface area contributed by atoms with Crippen LogP contribution in [0.25, 0.3) is 0 Å². The van der Waals surface area contributed by atoms with Crippen molar-refractivity contribution in [1.29, 1.82) is 0 Å². The first-order valence-electron chi connectivity index (χ1n) is 23.4. The fourth-order valence-corrected chi connectivity index (χ4v) is 6.80. The average Bonchev–Trinajstić information content (AvgIpc) is 3.20. The molecule has 18 nitrogen and oxygen atoms in total. The number of thioether (sulfide) groups is 1. The third-order valence-electron chi connectivity index (χ3n) is 8.99. The van der Waals surface area contributed by atoms with Crippen molar-refractivity contribution in [2.75, 3.05) is 77.5 Å². The van der Waals surface area contributed by atoms with Gasteiger partial charge in [0, 0.05) is 45.6 Å². The molecule has 0 fully saturated rings. The lowest BCUT2D eigenvalue weighted by Crippen LogP contribution is -2.47. The summed E-state index contributed by atoms with van der Waals surface area (Å²) in [6, 6.07) is -1.58. The standard InChI is InChI=1S/C46H84N4O14S/c1-35(2)42(44(58)64-46(6,7)8)50-39(53)20-13-10-9-11-15-31-65-32-16-12-14-19-38(52)49-36(43(57)63-45(3,4)5)21-22-37(51)47-23-17-25-59-27-29-61-30-28-60-26-18-24-48-40(54)33-62-34-41(55)56/h35-36,42H,9-34H2,1-8H3,(H,47,51)(H,48,54)(H,49,52)(H,50,53)(H,55,56). The van der Waals surface area contributed by atoms with Gasteiger partial charge in [-0.1, -0.05) is 39.5 Å². The summed E-state index contributed by atoms with van der Waals surface area (Å²) in [5.74, 6) is -1.08. The molecule has 0 aliphatic heterocycles. The van der Waals surface area contributed by atoms with E-state index in [2.05, 4.69) is 21.3 Å². The maximum atomic E-state index is 12.9. The highest BCUT2D eigenvalue weighted by atomic mass is 32.2. The predicted molar refractivity (Wildman–Crippen MR) is 249 cm³/mol. The summed E-state index contributed by atoms with van der Waals surface area (Å²) in [5, 5.41) is 19.5. The Morgan fingerprint density at radius 3 is 1.49 bits per heavy atom. The topological polar surface area (TPSA) is 243 Å². The summed E-state index contributed by atoms with van der Waals surface area (Å²) in [4.78, 5) is 85.0. The van der Waals surface area contributed by atoms with Gasteiger partial charge in [-0.15, -0.1) is 0 Å². The van der Waals surface area contributed by atoms with Crippen LogP contribution in [0, 0.1) is 5.92 Å². The molecular weight excluding hydrogens is 865 g/mol. The number of carbonyl (C=O) groups excluding carboxylic acids is 6. The van der Waals surface area contributed by atoms with E-state index < -0.39 is 47.8 Å². The lowest BCUT2D eigenvalue weighted by atomic mass is 10.0. The number of esters is 2. The van der Waals surface area contributed by atoms with Gasteiger partial charge >= 0.3 is 17.9 Å². The quantitative estimate of drug-likeness (QED) is 0.0407. The van der Waals surface area contributed by atoms with Crippen LogP contribution in [0.3, 0.4) is 0 Å². The predicted octanol–water partition coefficient (Wildman–Crippen LogP) is 4.87. The van der Waals surface area contributed by atoms with E-state index in [9.17, 15) is 33.6 Å². The van der Waals surface area contributed by atoms with Crippen molar-refractivity contribution < 1.29 is 67.1 Å². The van der Waals surface area contributed by atoms with Crippen molar-refractivity contribution >= 4 is 53.3 Å². The van der Waals surface area contributed by atoms with Crippen LogP contribution in [0.4, 0.5) is 0 Å². The minimum atomic E-state index is -1.13. The molecule has 378 valence electrons. The van der Waals surface area contributed by atoms with Gasteiger partial charge in [-0.25, -0.2) is 14.4 Å². The molecule has 2 atom stereocenters. The molecular formula is C46H84N4O14S. The fraction of sp³-hybridized carbons (Fsp3) is 0.848. The van der Waals surface area contributed by atoms with E-state index in [1.165, 1.54) is 0 Å². The van der Waals surface area contributed by atoms with E-state index in [0.29, 0.717) is 78.4 Å². The Kier molecular flexibility index (Phi) is 35.5. The van der Waals surface area contributed by atoms with Gasteiger partial charge in [-0.3, -0.25) is 19.2 Å². The van der Waals surface area contributed by atoms with Gasteiger partial charge in [0.2, 0.25) is 23.6 Å². The monoisotopic (exact) mass is 949 g/mol. The molecule has 0 saturated heterocycles. The lowest BCUT2D eigenvalue weighted by Gasteiger charge is -2.26. The summed E-state index contributed by atoms with van der Waals surface area (Å²) in [6.07, 6.45) is 9.60. The van der Waals surface area contributed by atoms with Crippen LogP contribution in [0.15, 0.2) is 0 Å². The minimum absolute atomic E-state index is 0.0454. The lowest BCUT2D eigenvalue weighted by molar-refractivity contribution is -0.160. The second kappa shape index (κ2) is 37.6. The third-order valence-corrected chi connectivity index (χ3v) is 10.1. The summed E-state index contributed by atoms with van der Waals surface area (Å²) < 4.78 is 32.1. The summed E-state index contributed by atoms with van der Waals surface area (Å²) in [5.41, 5.74) is -1.35. The number of hydrogen-bond acceptors (Lipinski definition) is 14. The average molecular weight is 949 g/mol. The molecule has 0 aliphatic rings. The van der Waals surface area contributed by atoms with Crippen LogP contribution in [0.1, 0.15) is 145 Å². The van der Waals surface area contributed by atoms with E-state index in [1.807, 2.05) is 46.4 Å². The maximum absolute atomic E-state index is 12.9. The Bertz CT molecular complexity index is 1360. The molecule has 0 spiro atoms. The first kappa shape index (κ1) is 61.5. The van der Waals surface area contributed by atoms with Crippen molar-refractivity contribution in [3.63, 3.8) is 0 Å². The number of aliphatic carboxylic acids is 1. The number of hydrogen-bond donors (Lipinski definition) is 5. The van der Waals surface area contributed by atoms with Crippen molar-refractivity contribution in [2.24, 2.45) is 5.92 Å². The Labute approximate surface area is 392 Å². The maximum Gasteiger partial charge on any atom is 0.329 e. The highest BCUT2D eigenvalue weighted by molar-refractivity contribution is 7.99. The number of amides is 4. The summed E-state index contributed by atoms with van der Waals surface area (Å²) in [7, 11) is 0. The molecule has 0 rings (SSSR count). The highest BCUT2D eigenvalue weighted by Crippen LogP contribution is 2.16. The molecule has 0 radical (unpaired) electrons. The first-order valence-corrected chi connectivity index (χ1v) is 24.5. The normalized spacial score (nSPS) is 12.6. The highest BCUT2D eigenvalue weighted by Gasteiger charge is 2.29. The molecule has 0 aromatic rings. The van der Waals surface area contributed by atoms with Gasteiger partial charge < -0.3 is 54.8 Å². The second-order valence-electron chi connectivity index (χ2n) is 18.1. The Balaban J connectivity index is 4.06. The zero-order valence-electron chi connectivity index (χ0n) is 40.8. The zero-order valence-corrected chi connectivity index (χ0v) is 41.6. The molecule has 0 aromatic carbocycles. The van der Waals surface area contributed by atoms with Gasteiger partial charge in [0.25, 0.3) is 0 Å². The summed E-state index contributed by atoms with van der Waals surface area (Å²) >= 11 is 1.90. The van der Waals surface area contributed by atoms with Crippen molar-refractivity contribution in [1.82, 2.24) is 21.3 Å². The second-order valence-corrected chi connectivity index (χ2v) is 19.3. The Morgan fingerprint density at radius 2 is 0.969 bits per heavy atom. The minimum Gasteiger partial charge on any atom is -0.480 e. The molecule has 0 heterocycles. The largest absolute Gasteiger partial charge is 0.480 e. The van der Waals surface area contributed by atoms with Gasteiger partial charge in [-0.2, -0.15) is 11.8 Å². The molecule has 2 unspecified atom stereocenters. The van der Waals surface area contributed by atoms with Gasteiger partial charge in [0.15, 0.2) is 0 Å². The Hall–Kier alpha value is -3.52. The van der Waals surface area contributed by atoms with Crippen molar-refractivity contribution in [3.8, 4) is 0 Å². The van der Waals surface area contributed by atoms with E-state index >= 15 is 0 Å². The molecule has 0 bridgehead atoms. The zero-order chi connectivity index (χ0) is 48.9.